The first-order valence-corrected chi connectivity index (χ1v) is 4.64. The summed E-state index contributed by atoms with van der Waals surface area (Å²) in [6, 6.07) is 1.01. The van der Waals surface area contributed by atoms with E-state index in [2.05, 4.69) is 5.10 Å². The van der Waals surface area contributed by atoms with Gasteiger partial charge in [0.15, 0.2) is 5.69 Å². The highest BCUT2D eigenvalue weighted by molar-refractivity contribution is 5.02. The summed E-state index contributed by atoms with van der Waals surface area (Å²) in [6.07, 6.45) is -0.0153. The summed E-state index contributed by atoms with van der Waals surface area (Å²) in [7, 11) is 0. The molecule has 0 aliphatic carbocycles. The molecule has 0 saturated carbocycles. The number of halogens is 3. The molecular formula is C9H13F3N2. The van der Waals surface area contributed by atoms with E-state index in [1.165, 1.54) is 10.9 Å². The normalized spacial score (nSPS) is 12.0. The van der Waals surface area contributed by atoms with E-state index < -0.39 is 11.9 Å². The van der Waals surface area contributed by atoms with Crippen LogP contribution in [0.25, 0.3) is 0 Å². The summed E-state index contributed by atoms with van der Waals surface area (Å²) < 4.78 is 37.7. The Balaban J connectivity index is 2.51. The first-order chi connectivity index (χ1) is 6.54. The van der Waals surface area contributed by atoms with Crippen LogP contribution in [0.3, 0.4) is 0 Å². The number of hydrogen-bond donors (Lipinski definition) is 0. The van der Waals surface area contributed by atoms with Crippen molar-refractivity contribution < 1.29 is 13.2 Å². The van der Waals surface area contributed by atoms with Crippen molar-refractivity contribution in [2.24, 2.45) is 0 Å². The molecule has 0 bridgehead atoms. The van der Waals surface area contributed by atoms with Crippen LogP contribution in [-0.4, -0.2) is 9.78 Å². The summed E-state index contributed by atoms with van der Waals surface area (Å²) in [5.41, 5.74) is -0.811. The van der Waals surface area contributed by atoms with E-state index in [9.17, 15) is 13.2 Å². The zero-order valence-corrected chi connectivity index (χ0v) is 8.01. The second kappa shape index (κ2) is 4.48. The molecule has 1 heterocycles. The molecule has 0 saturated heterocycles. The van der Waals surface area contributed by atoms with E-state index in [4.69, 9.17) is 0 Å². The highest BCUT2D eigenvalue weighted by Gasteiger charge is 2.33. The van der Waals surface area contributed by atoms with Gasteiger partial charge in [-0.3, -0.25) is 4.68 Å². The van der Waals surface area contributed by atoms with Gasteiger partial charge in [0.25, 0.3) is 0 Å². The minimum absolute atomic E-state index is 0.559. The van der Waals surface area contributed by atoms with Gasteiger partial charge >= 0.3 is 6.18 Å². The number of hydrogen-bond acceptors (Lipinski definition) is 1. The van der Waals surface area contributed by atoms with Gasteiger partial charge in [-0.15, -0.1) is 0 Å². The van der Waals surface area contributed by atoms with Gasteiger partial charge in [-0.2, -0.15) is 18.3 Å². The maximum absolute atomic E-state index is 12.1. The number of nitrogens with zero attached hydrogens (tertiary/aromatic N) is 2. The Hall–Kier alpha value is -1.00. The zero-order valence-electron chi connectivity index (χ0n) is 8.01. The molecule has 0 aromatic carbocycles. The van der Waals surface area contributed by atoms with Crippen molar-refractivity contribution in [1.29, 1.82) is 0 Å². The van der Waals surface area contributed by atoms with E-state index in [0.717, 1.165) is 25.3 Å². The van der Waals surface area contributed by atoms with Crippen LogP contribution < -0.4 is 0 Å². The standard InChI is InChI=1S/C9H13F3N2/c1-2-3-4-6-14-7-5-8(13-14)9(10,11)12/h5,7H,2-4,6H2,1H3. The monoisotopic (exact) mass is 206 g/mol. The maximum atomic E-state index is 12.1. The lowest BCUT2D eigenvalue weighted by atomic mass is 10.2. The van der Waals surface area contributed by atoms with Gasteiger partial charge in [0.05, 0.1) is 0 Å². The maximum Gasteiger partial charge on any atom is 0.435 e. The van der Waals surface area contributed by atoms with Crippen LogP contribution in [0.5, 0.6) is 0 Å². The summed E-state index contributed by atoms with van der Waals surface area (Å²) in [5, 5.41) is 3.44. The van der Waals surface area contributed by atoms with Crippen molar-refractivity contribution in [3.05, 3.63) is 18.0 Å². The first kappa shape index (κ1) is 11.1. The molecule has 0 aliphatic rings. The lowest BCUT2D eigenvalue weighted by Gasteiger charge is -2.02. The average Bonchev–Trinajstić information content (AvgIpc) is 2.52. The molecule has 1 rings (SSSR count). The Morgan fingerprint density at radius 3 is 2.57 bits per heavy atom. The lowest BCUT2D eigenvalue weighted by molar-refractivity contribution is -0.141. The molecule has 0 spiro atoms. The molecule has 0 aliphatic heterocycles. The molecule has 5 heteroatoms. The predicted molar refractivity (Wildman–Crippen MR) is 46.8 cm³/mol. The molecule has 0 N–H and O–H groups in total. The molecule has 0 radical (unpaired) electrons. The van der Waals surface area contributed by atoms with E-state index in [0.29, 0.717) is 6.54 Å². The second-order valence-electron chi connectivity index (χ2n) is 3.17. The van der Waals surface area contributed by atoms with Gasteiger partial charge in [-0.05, 0) is 12.5 Å². The Labute approximate surface area is 80.7 Å². The fourth-order valence-electron chi connectivity index (χ4n) is 1.16. The van der Waals surface area contributed by atoms with E-state index in [-0.39, 0.29) is 0 Å². The first-order valence-electron chi connectivity index (χ1n) is 4.64. The quantitative estimate of drug-likeness (QED) is 0.692. The molecule has 14 heavy (non-hydrogen) atoms. The number of aryl methyl sites for hydroxylation is 1. The molecular weight excluding hydrogens is 193 g/mol. The van der Waals surface area contributed by atoms with Gasteiger partial charge in [-0.25, -0.2) is 0 Å². The van der Waals surface area contributed by atoms with Crippen molar-refractivity contribution in [3.8, 4) is 0 Å². The van der Waals surface area contributed by atoms with Crippen LogP contribution in [0.1, 0.15) is 31.9 Å². The minimum atomic E-state index is -4.32. The molecule has 80 valence electrons. The number of unbranched alkanes of at least 4 members (excludes halogenated alkanes) is 2. The van der Waals surface area contributed by atoms with Crippen LogP contribution in [0.4, 0.5) is 13.2 Å². The van der Waals surface area contributed by atoms with E-state index >= 15 is 0 Å². The van der Waals surface area contributed by atoms with Gasteiger partial charge < -0.3 is 0 Å². The molecule has 0 amide bonds. The van der Waals surface area contributed by atoms with Crippen LogP contribution in [0.15, 0.2) is 12.3 Å². The molecule has 0 atom stereocenters. The van der Waals surface area contributed by atoms with Crippen LogP contribution in [-0.2, 0) is 12.7 Å². The van der Waals surface area contributed by atoms with Gasteiger partial charge in [0, 0.05) is 12.7 Å². The Morgan fingerprint density at radius 2 is 2.07 bits per heavy atom. The third kappa shape index (κ3) is 3.05. The largest absolute Gasteiger partial charge is 0.435 e. The fraction of sp³-hybridized carbons (Fsp3) is 0.667. The zero-order chi connectivity index (χ0) is 10.6. The molecule has 0 unspecified atom stereocenters. The number of alkyl halides is 3. The molecule has 2 nitrogen and oxygen atoms in total. The van der Waals surface area contributed by atoms with Crippen molar-refractivity contribution in [2.75, 3.05) is 0 Å². The van der Waals surface area contributed by atoms with Gasteiger partial charge in [0.1, 0.15) is 0 Å². The summed E-state index contributed by atoms with van der Waals surface area (Å²) >= 11 is 0. The van der Waals surface area contributed by atoms with E-state index in [1.807, 2.05) is 6.92 Å². The van der Waals surface area contributed by atoms with E-state index in [1.54, 1.807) is 0 Å². The van der Waals surface area contributed by atoms with Crippen molar-refractivity contribution in [2.45, 2.75) is 38.9 Å². The third-order valence-electron chi connectivity index (χ3n) is 1.92. The predicted octanol–water partition coefficient (Wildman–Crippen LogP) is 3.09. The minimum Gasteiger partial charge on any atom is -0.272 e. The number of rotatable bonds is 4. The van der Waals surface area contributed by atoms with Crippen LogP contribution in [0.2, 0.25) is 0 Å². The second-order valence-corrected chi connectivity index (χ2v) is 3.17. The van der Waals surface area contributed by atoms with Gasteiger partial charge in [0.2, 0.25) is 0 Å². The Bertz CT molecular complexity index is 278. The SMILES string of the molecule is CCCCCn1ccc(C(F)(F)F)n1. The van der Waals surface area contributed by atoms with Crippen molar-refractivity contribution >= 4 is 0 Å². The highest BCUT2D eigenvalue weighted by atomic mass is 19.4. The van der Waals surface area contributed by atoms with Crippen LogP contribution >= 0.6 is 0 Å². The summed E-state index contributed by atoms with van der Waals surface area (Å²) in [6.45, 7) is 2.61. The Morgan fingerprint density at radius 1 is 1.36 bits per heavy atom. The lowest BCUT2D eigenvalue weighted by Crippen LogP contribution is -2.08. The molecule has 1 aromatic heterocycles. The summed E-state index contributed by atoms with van der Waals surface area (Å²) in [5.74, 6) is 0. The number of aromatic nitrogens is 2. The van der Waals surface area contributed by atoms with Gasteiger partial charge in [-0.1, -0.05) is 19.8 Å². The average molecular weight is 206 g/mol. The smallest absolute Gasteiger partial charge is 0.272 e. The van der Waals surface area contributed by atoms with Crippen LogP contribution in [0, 0.1) is 0 Å². The topological polar surface area (TPSA) is 17.8 Å². The molecule has 1 aromatic rings. The molecule has 0 fully saturated rings. The van der Waals surface area contributed by atoms with Crippen molar-refractivity contribution in [1.82, 2.24) is 9.78 Å². The highest BCUT2D eigenvalue weighted by Crippen LogP contribution is 2.27. The fourth-order valence-corrected chi connectivity index (χ4v) is 1.16. The third-order valence-corrected chi connectivity index (χ3v) is 1.92. The summed E-state index contributed by atoms with van der Waals surface area (Å²) in [4.78, 5) is 0. The Kier molecular flexibility index (Phi) is 3.55. The van der Waals surface area contributed by atoms with Crippen molar-refractivity contribution in [3.63, 3.8) is 0 Å².